The summed E-state index contributed by atoms with van der Waals surface area (Å²) < 4.78 is 34.1. The molecule has 2 aromatic carbocycles. The summed E-state index contributed by atoms with van der Waals surface area (Å²) in [7, 11) is -3.99. The number of aryl methyl sites for hydroxylation is 2. The summed E-state index contributed by atoms with van der Waals surface area (Å²) in [6.07, 6.45) is 0. The zero-order valence-corrected chi connectivity index (χ0v) is 18.6. The Morgan fingerprint density at radius 3 is 2.16 bits per heavy atom. The van der Waals surface area contributed by atoms with E-state index in [0.717, 1.165) is 16.9 Å². The number of carbonyl (C=O) groups is 2. The van der Waals surface area contributed by atoms with Gasteiger partial charge in [-0.15, -0.1) is 0 Å². The maximum atomic E-state index is 12.8. The second-order valence-electron chi connectivity index (χ2n) is 7.14. The Morgan fingerprint density at radius 1 is 0.968 bits per heavy atom. The summed E-state index contributed by atoms with van der Waals surface area (Å²) >= 11 is 0. The van der Waals surface area contributed by atoms with E-state index in [-0.39, 0.29) is 10.5 Å². The van der Waals surface area contributed by atoms with E-state index in [9.17, 15) is 18.0 Å². The molecular weight excluding hydrogens is 416 g/mol. The summed E-state index contributed by atoms with van der Waals surface area (Å²) in [5, 5.41) is 0. The molecule has 0 fully saturated rings. The van der Waals surface area contributed by atoms with Gasteiger partial charge in [-0.05, 0) is 70.2 Å². The summed E-state index contributed by atoms with van der Waals surface area (Å²) in [4.78, 5) is 24.6. The number of esters is 1. The van der Waals surface area contributed by atoms with Crippen LogP contribution >= 0.6 is 0 Å². The van der Waals surface area contributed by atoms with Gasteiger partial charge in [0.1, 0.15) is 0 Å². The van der Waals surface area contributed by atoms with Crippen LogP contribution in [0.15, 0.2) is 59.5 Å². The Bertz CT molecular complexity index is 1220. The van der Waals surface area contributed by atoms with Crippen LogP contribution in [0.4, 0.5) is 0 Å². The Labute approximate surface area is 181 Å². The average Bonchev–Trinajstić information content (AvgIpc) is 3.02. The van der Waals surface area contributed by atoms with Gasteiger partial charge in [0.2, 0.25) is 0 Å². The molecule has 0 radical (unpaired) electrons. The van der Waals surface area contributed by atoms with Gasteiger partial charge < -0.3 is 9.30 Å². The van der Waals surface area contributed by atoms with Gasteiger partial charge >= 0.3 is 5.97 Å². The van der Waals surface area contributed by atoms with Crippen LogP contribution in [0.1, 0.15) is 44.6 Å². The highest BCUT2D eigenvalue weighted by atomic mass is 32.2. The zero-order chi connectivity index (χ0) is 22.8. The van der Waals surface area contributed by atoms with E-state index in [1.165, 1.54) is 12.1 Å². The first kappa shape index (κ1) is 22.3. The predicted octanol–water partition coefficient (Wildman–Crippen LogP) is 3.70. The SMILES string of the molecule is CCOC(=O)c1ccc(-n2c(C)cc(C(=O)NS(=O)(=O)c3ccc(C)cc3)c2C)cc1. The Kier molecular flexibility index (Phi) is 6.31. The lowest BCUT2D eigenvalue weighted by Gasteiger charge is -2.11. The standard InChI is InChI=1S/C23H24N2O5S/c1-5-30-23(27)18-8-10-19(11-9-18)25-16(3)14-21(17(25)4)22(26)24-31(28,29)20-12-6-15(2)7-13-20/h6-14H,5H2,1-4H3,(H,24,26). The Hall–Kier alpha value is -3.39. The fourth-order valence-corrected chi connectivity index (χ4v) is 4.27. The van der Waals surface area contributed by atoms with E-state index in [1.54, 1.807) is 56.3 Å². The quantitative estimate of drug-likeness (QED) is 0.590. The number of nitrogens with zero attached hydrogens (tertiary/aromatic N) is 1. The van der Waals surface area contributed by atoms with Crippen LogP contribution in [0.3, 0.4) is 0 Å². The van der Waals surface area contributed by atoms with Crippen molar-refractivity contribution in [3.05, 3.63) is 82.7 Å². The molecule has 162 valence electrons. The Morgan fingerprint density at radius 2 is 1.58 bits per heavy atom. The second-order valence-corrected chi connectivity index (χ2v) is 8.82. The smallest absolute Gasteiger partial charge is 0.338 e. The molecule has 0 aliphatic rings. The van der Waals surface area contributed by atoms with Crippen LogP contribution in [0.25, 0.3) is 5.69 Å². The lowest BCUT2D eigenvalue weighted by atomic mass is 10.2. The normalized spacial score (nSPS) is 11.2. The lowest BCUT2D eigenvalue weighted by molar-refractivity contribution is 0.0526. The first-order valence-electron chi connectivity index (χ1n) is 9.74. The maximum absolute atomic E-state index is 12.8. The minimum absolute atomic E-state index is 0.0230. The molecule has 1 N–H and O–H groups in total. The van der Waals surface area contributed by atoms with E-state index in [1.807, 2.05) is 18.4 Å². The second kappa shape index (κ2) is 8.77. The summed E-state index contributed by atoms with van der Waals surface area (Å²) in [5.74, 6) is -1.11. The van der Waals surface area contributed by atoms with Crippen molar-refractivity contribution in [2.45, 2.75) is 32.6 Å². The first-order chi connectivity index (χ1) is 14.6. The number of sulfonamides is 1. The molecule has 0 atom stereocenters. The van der Waals surface area contributed by atoms with Crippen molar-refractivity contribution in [1.29, 1.82) is 0 Å². The molecule has 0 aliphatic heterocycles. The van der Waals surface area contributed by atoms with Crippen molar-refractivity contribution in [3.8, 4) is 5.69 Å². The van der Waals surface area contributed by atoms with Crippen LogP contribution in [0.5, 0.6) is 0 Å². The van der Waals surface area contributed by atoms with Gasteiger partial charge in [-0.1, -0.05) is 17.7 Å². The highest BCUT2D eigenvalue weighted by Gasteiger charge is 2.23. The van der Waals surface area contributed by atoms with Crippen molar-refractivity contribution in [3.63, 3.8) is 0 Å². The minimum atomic E-state index is -3.99. The van der Waals surface area contributed by atoms with Gasteiger partial charge in [0.25, 0.3) is 15.9 Å². The van der Waals surface area contributed by atoms with Crippen LogP contribution in [-0.4, -0.2) is 31.5 Å². The molecule has 0 saturated carbocycles. The monoisotopic (exact) mass is 440 g/mol. The van der Waals surface area contributed by atoms with Crippen LogP contribution < -0.4 is 4.72 Å². The van der Waals surface area contributed by atoms with Gasteiger partial charge in [-0.25, -0.2) is 17.9 Å². The molecule has 1 amide bonds. The van der Waals surface area contributed by atoms with Crippen molar-refractivity contribution in [1.82, 2.24) is 9.29 Å². The molecule has 1 heterocycles. The van der Waals surface area contributed by atoms with Gasteiger partial charge in [0.05, 0.1) is 22.6 Å². The molecule has 7 nitrogen and oxygen atoms in total. The third-order valence-corrected chi connectivity index (χ3v) is 6.22. The van der Waals surface area contributed by atoms with E-state index in [2.05, 4.69) is 4.72 Å². The van der Waals surface area contributed by atoms with E-state index in [0.29, 0.717) is 17.9 Å². The number of nitrogens with one attached hydrogen (secondary N) is 1. The number of carbonyl (C=O) groups excluding carboxylic acids is 2. The van der Waals surface area contributed by atoms with Gasteiger partial charge in [-0.2, -0.15) is 0 Å². The third-order valence-electron chi connectivity index (χ3n) is 4.87. The molecule has 1 aromatic heterocycles. The molecule has 0 aliphatic carbocycles. The largest absolute Gasteiger partial charge is 0.462 e. The lowest BCUT2D eigenvalue weighted by Crippen LogP contribution is -2.30. The molecule has 0 saturated heterocycles. The molecule has 0 bridgehead atoms. The van der Waals surface area contributed by atoms with Crippen molar-refractivity contribution < 1.29 is 22.7 Å². The highest BCUT2D eigenvalue weighted by Crippen LogP contribution is 2.22. The summed E-state index contributed by atoms with van der Waals surface area (Å²) in [5.41, 5.74) is 3.67. The minimum Gasteiger partial charge on any atom is -0.462 e. The fraction of sp³-hybridized carbons (Fsp3) is 0.217. The summed E-state index contributed by atoms with van der Waals surface area (Å²) in [6.45, 7) is 7.44. The molecule has 3 aromatic rings. The van der Waals surface area contributed by atoms with E-state index in [4.69, 9.17) is 4.74 Å². The van der Waals surface area contributed by atoms with Crippen LogP contribution in [0, 0.1) is 20.8 Å². The number of benzene rings is 2. The van der Waals surface area contributed by atoms with Gasteiger partial charge in [0, 0.05) is 17.1 Å². The highest BCUT2D eigenvalue weighted by molar-refractivity contribution is 7.90. The van der Waals surface area contributed by atoms with Gasteiger partial charge in [-0.3, -0.25) is 4.79 Å². The van der Waals surface area contributed by atoms with Crippen molar-refractivity contribution in [2.24, 2.45) is 0 Å². The molecule has 0 unspecified atom stereocenters. The van der Waals surface area contributed by atoms with Gasteiger partial charge in [0.15, 0.2) is 0 Å². The van der Waals surface area contributed by atoms with Crippen molar-refractivity contribution >= 4 is 21.9 Å². The summed E-state index contributed by atoms with van der Waals surface area (Å²) in [6, 6.07) is 14.7. The first-order valence-corrected chi connectivity index (χ1v) is 11.2. The molecule has 8 heteroatoms. The Balaban J connectivity index is 1.88. The van der Waals surface area contributed by atoms with E-state index >= 15 is 0 Å². The van der Waals surface area contributed by atoms with E-state index < -0.39 is 21.9 Å². The number of hydrogen-bond donors (Lipinski definition) is 1. The molecule has 3 rings (SSSR count). The number of rotatable bonds is 6. The zero-order valence-electron chi connectivity index (χ0n) is 17.8. The maximum Gasteiger partial charge on any atom is 0.338 e. The topological polar surface area (TPSA) is 94.5 Å². The number of aromatic nitrogens is 1. The van der Waals surface area contributed by atoms with Crippen molar-refractivity contribution in [2.75, 3.05) is 6.61 Å². The molecule has 31 heavy (non-hydrogen) atoms. The predicted molar refractivity (Wildman–Crippen MR) is 117 cm³/mol. The third kappa shape index (κ3) is 4.69. The van der Waals surface area contributed by atoms with Crippen LogP contribution in [0.2, 0.25) is 0 Å². The number of ether oxygens (including phenoxy) is 1. The molecule has 0 spiro atoms. The van der Waals surface area contributed by atoms with Crippen LogP contribution in [-0.2, 0) is 14.8 Å². The fourth-order valence-electron chi connectivity index (χ4n) is 3.30. The average molecular weight is 441 g/mol. The number of hydrogen-bond acceptors (Lipinski definition) is 5. The number of amides is 1. The molecular formula is C23H24N2O5S.